The van der Waals surface area contributed by atoms with E-state index in [1.54, 1.807) is 6.92 Å². The second-order valence-electron chi connectivity index (χ2n) is 5.18. The number of carbonyl (C=O) groups excluding carboxylic acids is 3. The summed E-state index contributed by atoms with van der Waals surface area (Å²) in [4.78, 5) is 36.4. The molecule has 24 heavy (non-hydrogen) atoms. The molecular formula is C17H16FNO4S. The lowest BCUT2D eigenvalue weighted by molar-refractivity contribution is -0.114. The Morgan fingerprint density at radius 3 is 2.58 bits per heavy atom. The smallest absolute Gasteiger partial charge is 0.341 e. The fourth-order valence-corrected chi connectivity index (χ4v) is 3.16. The molecule has 1 aromatic carbocycles. The van der Waals surface area contributed by atoms with Crippen molar-refractivity contribution >= 4 is 34.0 Å². The van der Waals surface area contributed by atoms with Crippen LogP contribution in [0.4, 0.5) is 9.39 Å². The van der Waals surface area contributed by atoms with Gasteiger partial charge in [-0.1, -0.05) is 12.1 Å². The van der Waals surface area contributed by atoms with Crippen molar-refractivity contribution in [3.05, 3.63) is 51.7 Å². The molecule has 0 radical (unpaired) electrons. The monoisotopic (exact) mass is 349 g/mol. The summed E-state index contributed by atoms with van der Waals surface area (Å²) in [5.41, 5.74) is 1.05. The number of ether oxygens (including phenoxy) is 1. The van der Waals surface area contributed by atoms with Crippen molar-refractivity contribution < 1.29 is 23.5 Å². The molecule has 1 N–H and O–H groups in total. The molecule has 0 fully saturated rings. The highest BCUT2D eigenvalue weighted by Gasteiger charge is 2.22. The van der Waals surface area contributed by atoms with E-state index in [0.29, 0.717) is 10.6 Å². The third kappa shape index (κ3) is 4.05. The van der Waals surface area contributed by atoms with Crippen LogP contribution in [-0.4, -0.2) is 24.3 Å². The number of hydrogen-bond donors (Lipinski definition) is 1. The zero-order chi connectivity index (χ0) is 17.9. The minimum Gasteiger partial charge on any atom is -0.454 e. The van der Waals surface area contributed by atoms with Crippen molar-refractivity contribution in [2.24, 2.45) is 0 Å². The number of ketones is 1. The molecule has 5 nitrogen and oxygen atoms in total. The molecule has 2 rings (SSSR count). The number of halogens is 1. The summed E-state index contributed by atoms with van der Waals surface area (Å²) < 4.78 is 18.2. The van der Waals surface area contributed by atoms with Crippen LogP contribution < -0.4 is 5.32 Å². The number of aryl methyl sites for hydroxylation is 1. The van der Waals surface area contributed by atoms with Gasteiger partial charge in [0.2, 0.25) is 5.91 Å². The molecule has 0 unspecified atom stereocenters. The van der Waals surface area contributed by atoms with Gasteiger partial charge in [0.25, 0.3) is 0 Å². The van der Waals surface area contributed by atoms with Gasteiger partial charge in [-0.05, 0) is 31.5 Å². The Bertz CT molecular complexity index is 813. The molecule has 0 aliphatic carbocycles. The maximum atomic E-state index is 13.1. The molecular weight excluding hydrogens is 333 g/mol. The van der Waals surface area contributed by atoms with Gasteiger partial charge < -0.3 is 10.1 Å². The van der Waals surface area contributed by atoms with Crippen LogP contribution in [0, 0.1) is 19.7 Å². The Morgan fingerprint density at radius 1 is 1.25 bits per heavy atom. The van der Waals surface area contributed by atoms with Crippen LogP contribution in [0.2, 0.25) is 0 Å². The Balaban J connectivity index is 2.13. The van der Waals surface area contributed by atoms with Crippen molar-refractivity contribution in [3.63, 3.8) is 0 Å². The van der Waals surface area contributed by atoms with Gasteiger partial charge in [-0.15, -0.1) is 11.3 Å². The molecule has 1 heterocycles. The zero-order valence-corrected chi connectivity index (χ0v) is 14.3. The van der Waals surface area contributed by atoms with Crippen LogP contribution in [0.5, 0.6) is 0 Å². The summed E-state index contributed by atoms with van der Waals surface area (Å²) >= 11 is 1.26. The number of benzene rings is 1. The summed E-state index contributed by atoms with van der Waals surface area (Å²) in [5, 5.41) is 2.98. The van der Waals surface area contributed by atoms with Gasteiger partial charge in [0.15, 0.2) is 12.4 Å². The van der Waals surface area contributed by atoms with E-state index >= 15 is 0 Å². The fourth-order valence-electron chi connectivity index (χ4n) is 2.07. The minimum absolute atomic E-state index is 0.128. The number of nitrogens with one attached hydrogen (secondary N) is 1. The number of Topliss-reactive ketones (excluding diaryl/α,β-unsaturated/α-hetero) is 1. The summed E-state index contributed by atoms with van der Waals surface area (Å²) in [7, 11) is 0. The Kier molecular flexibility index (Phi) is 5.46. The highest BCUT2D eigenvalue weighted by molar-refractivity contribution is 7.16. The highest BCUT2D eigenvalue weighted by Crippen LogP contribution is 2.33. The standard InChI is InChI=1S/C17H16FNO4S/c1-9-10(2)24-16(19-11(3)20)15(9)17(22)23-8-14(21)12-5-4-6-13(18)7-12/h4-7H,8H2,1-3H3,(H,19,20). The second kappa shape index (κ2) is 7.35. The summed E-state index contributed by atoms with van der Waals surface area (Å²) in [6, 6.07) is 5.16. The second-order valence-corrected chi connectivity index (χ2v) is 6.40. The van der Waals surface area contributed by atoms with Gasteiger partial charge in [0.1, 0.15) is 10.8 Å². The average molecular weight is 349 g/mol. The van der Waals surface area contributed by atoms with E-state index in [-0.39, 0.29) is 17.0 Å². The number of carbonyl (C=O) groups is 3. The Morgan fingerprint density at radius 2 is 1.96 bits per heavy atom. The highest BCUT2D eigenvalue weighted by atomic mass is 32.1. The lowest BCUT2D eigenvalue weighted by Crippen LogP contribution is -2.16. The molecule has 0 bridgehead atoms. The van der Waals surface area contributed by atoms with Crippen LogP contribution in [-0.2, 0) is 9.53 Å². The van der Waals surface area contributed by atoms with E-state index in [1.807, 2.05) is 6.92 Å². The van der Waals surface area contributed by atoms with E-state index < -0.39 is 24.2 Å². The number of hydrogen-bond acceptors (Lipinski definition) is 5. The van der Waals surface area contributed by atoms with Crippen molar-refractivity contribution in [2.45, 2.75) is 20.8 Å². The predicted molar refractivity (Wildman–Crippen MR) is 89.1 cm³/mol. The van der Waals surface area contributed by atoms with Crippen LogP contribution >= 0.6 is 11.3 Å². The van der Waals surface area contributed by atoms with E-state index in [1.165, 1.54) is 36.5 Å². The van der Waals surface area contributed by atoms with Crippen LogP contribution in [0.3, 0.4) is 0 Å². The third-order valence-electron chi connectivity index (χ3n) is 3.36. The normalized spacial score (nSPS) is 10.3. The molecule has 0 aliphatic heterocycles. The van der Waals surface area contributed by atoms with E-state index in [9.17, 15) is 18.8 Å². The summed E-state index contributed by atoms with van der Waals surface area (Å²) in [5.74, 6) is -2.05. The van der Waals surface area contributed by atoms with Gasteiger partial charge in [-0.3, -0.25) is 9.59 Å². The van der Waals surface area contributed by atoms with Crippen molar-refractivity contribution in [1.29, 1.82) is 0 Å². The Labute approximate surface area is 142 Å². The van der Waals surface area contributed by atoms with E-state index in [2.05, 4.69) is 5.32 Å². The molecule has 1 amide bonds. The number of amides is 1. The van der Waals surface area contributed by atoms with Crippen LogP contribution in [0.15, 0.2) is 24.3 Å². The number of thiophene rings is 1. The number of rotatable bonds is 5. The maximum Gasteiger partial charge on any atom is 0.341 e. The first-order valence-corrected chi connectivity index (χ1v) is 7.94. The number of anilines is 1. The predicted octanol–water partition coefficient (Wildman–Crippen LogP) is 3.50. The molecule has 7 heteroatoms. The summed E-state index contributed by atoms with van der Waals surface area (Å²) in [6.07, 6.45) is 0. The molecule has 126 valence electrons. The molecule has 0 saturated carbocycles. The summed E-state index contributed by atoms with van der Waals surface area (Å²) in [6.45, 7) is 4.39. The first-order valence-electron chi connectivity index (χ1n) is 7.13. The molecule has 0 atom stereocenters. The van der Waals surface area contributed by atoms with Crippen molar-refractivity contribution in [3.8, 4) is 0 Å². The average Bonchev–Trinajstić information content (AvgIpc) is 2.78. The van der Waals surface area contributed by atoms with Gasteiger partial charge in [-0.2, -0.15) is 0 Å². The van der Waals surface area contributed by atoms with Gasteiger partial charge in [0.05, 0.1) is 5.56 Å². The third-order valence-corrected chi connectivity index (χ3v) is 4.48. The maximum absolute atomic E-state index is 13.1. The van der Waals surface area contributed by atoms with Crippen molar-refractivity contribution in [1.82, 2.24) is 0 Å². The molecule has 1 aromatic heterocycles. The lowest BCUT2D eigenvalue weighted by atomic mass is 10.1. The molecule has 0 spiro atoms. The van der Waals surface area contributed by atoms with E-state index in [0.717, 1.165) is 10.9 Å². The minimum atomic E-state index is -0.703. The quantitative estimate of drug-likeness (QED) is 0.662. The van der Waals surface area contributed by atoms with Crippen molar-refractivity contribution in [2.75, 3.05) is 11.9 Å². The van der Waals surface area contributed by atoms with Gasteiger partial charge in [0, 0.05) is 17.4 Å². The van der Waals surface area contributed by atoms with Crippen LogP contribution in [0.25, 0.3) is 0 Å². The fraction of sp³-hybridized carbons (Fsp3) is 0.235. The molecule has 0 saturated heterocycles. The first-order chi connectivity index (χ1) is 11.3. The lowest BCUT2D eigenvalue weighted by Gasteiger charge is -2.07. The van der Waals surface area contributed by atoms with Crippen LogP contribution in [0.1, 0.15) is 38.1 Å². The van der Waals surface area contributed by atoms with Gasteiger partial charge >= 0.3 is 5.97 Å². The molecule has 0 aliphatic rings. The largest absolute Gasteiger partial charge is 0.454 e. The zero-order valence-electron chi connectivity index (χ0n) is 13.4. The topological polar surface area (TPSA) is 72.5 Å². The van der Waals surface area contributed by atoms with E-state index in [4.69, 9.17) is 4.74 Å². The number of esters is 1. The molecule has 2 aromatic rings. The van der Waals surface area contributed by atoms with Gasteiger partial charge in [-0.25, -0.2) is 9.18 Å². The SMILES string of the molecule is CC(=O)Nc1sc(C)c(C)c1C(=O)OCC(=O)c1cccc(F)c1. The Hall–Kier alpha value is -2.54. The first kappa shape index (κ1) is 17.8.